The molecule has 0 atom stereocenters. The highest BCUT2D eigenvalue weighted by molar-refractivity contribution is 5.84. The van der Waals surface area contributed by atoms with Gasteiger partial charge in [-0.15, -0.1) is 0 Å². The first-order valence-electron chi connectivity index (χ1n) is 6.63. The summed E-state index contributed by atoms with van der Waals surface area (Å²) >= 11 is 0. The minimum Gasteiger partial charge on any atom is -0.504 e. The molecule has 3 rings (SSSR count). The average molecular weight is 312 g/mol. The molecular weight excluding hydrogens is 300 g/mol. The van der Waals surface area contributed by atoms with Crippen LogP contribution in [0.5, 0.6) is 23.0 Å². The first kappa shape index (κ1) is 14.5. The van der Waals surface area contributed by atoms with Crippen molar-refractivity contribution in [1.82, 2.24) is 0 Å². The van der Waals surface area contributed by atoms with Gasteiger partial charge < -0.3 is 24.8 Å². The Kier molecular flexibility index (Phi) is 3.42. The average Bonchev–Trinajstić information content (AvgIpc) is 2.53. The Balaban J connectivity index is 2.24. The van der Waals surface area contributed by atoms with Crippen LogP contribution in [0, 0.1) is 0 Å². The Morgan fingerprint density at radius 2 is 1.17 bits per heavy atom. The maximum Gasteiger partial charge on any atom is 0.336 e. The lowest BCUT2D eigenvalue weighted by atomic mass is 9.96. The first-order valence-corrected chi connectivity index (χ1v) is 6.63. The molecule has 23 heavy (non-hydrogen) atoms. The van der Waals surface area contributed by atoms with Crippen LogP contribution in [-0.2, 0) is 0 Å². The van der Waals surface area contributed by atoms with Crippen molar-refractivity contribution in [2.45, 2.75) is 0 Å². The fourth-order valence-electron chi connectivity index (χ4n) is 2.25. The van der Waals surface area contributed by atoms with E-state index in [9.17, 15) is 25.2 Å². The van der Waals surface area contributed by atoms with Gasteiger partial charge in [0.15, 0.2) is 23.0 Å². The highest BCUT2D eigenvalue weighted by Gasteiger charge is 2.13. The smallest absolute Gasteiger partial charge is 0.336 e. The van der Waals surface area contributed by atoms with Crippen LogP contribution in [0.2, 0.25) is 0 Å². The minimum absolute atomic E-state index is 0.269. The van der Waals surface area contributed by atoms with Crippen LogP contribution in [-0.4, -0.2) is 20.4 Å². The summed E-state index contributed by atoms with van der Waals surface area (Å²) in [5.41, 5.74) is 1.33. The molecule has 0 aliphatic heterocycles. The van der Waals surface area contributed by atoms with Crippen LogP contribution in [0.25, 0.3) is 22.3 Å². The van der Waals surface area contributed by atoms with E-state index in [0.717, 1.165) is 0 Å². The molecule has 0 spiro atoms. The van der Waals surface area contributed by atoms with Crippen molar-refractivity contribution in [2.75, 3.05) is 0 Å². The molecule has 1 aromatic heterocycles. The highest BCUT2D eigenvalue weighted by atomic mass is 16.4. The van der Waals surface area contributed by atoms with Crippen LogP contribution in [0.15, 0.2) is 57.9 Å². The summed E-state index contributed by atoms with van der Waals surface area (Å²) in [7, 11) is 0. The zero-order chi connectivity index (χ0) is 16.6. The maximum absolute atomic E-state index is 11.6. The van der Waals surface area contributed by atoms with Gasteiger partial charge in [-0.1, -0.05) is 12.1 Å². The second-order valence-corrected chi connectivity index (χ2v) is 4.93. The van der Waals surface area contributed by atoms with Crippen molar-refractivity contribution in [3.63, 3.8) is 0 Å². The fraction of sp³-hybridized carbons (Fsp3) is 0. The van der Waals surface area contributed by atoms with E-state index in [1.807, 2.05) is 0 Å². The second kappa shape index (κ2) is 5.42. The first-order chi connectivity index (χ1) is 11.0. The lowest BCUT2D eigenvalue weighted by molar-refractivity contribution is 0.404. The Hall–Kier alpha value is -3.41. The third kappa shape index (κ3) is 2.69. The molecule has 6 nitrogen and oxygen atoms in total. The van der Waals surface area contributed by atoms with Crippen LogP contribution in [0.3, 0.4) is 0 Å². The number of benzene rings is 2. The normalized spacial score (nSPS) is 10.6. The Morgan fingerprint density at radius 3 is 1.70 bits per heavy atom. The summed E-state index contributed by atoms with van der Waals surface area (Å²) in [6.45, 7) is 0. The molecule has 6 heteroatoms. The van der Waals surface area contributed by atoms with Crippen molar-refractivity contribution < 1.29 is 24.8 Å². The molecule has 0 unspecified atom stereocenters. The third-order valence-electron chi connectivity index (χ3n) is 3.42. The summed E-state index contributed by atoms with van der Waals surface area (Å²) in [6.07, 6.45) is 1.23. The van der Waals surface area contributed by atoms with Crippen LogP contribution >= 0.6 is 0 Å². The van der Waals surface area contributed by atoms with E-state index >= 15 is 0 Å². The number of hydrogen-bond acceptors (Lipinski definition) is 6. The maximum atomic E-state index is 11.6. The number of phenols is 4. The molecule has 0 bridgehead atoms. The molecule has 0 amide bonds. The standard InChI is InChI=1S/C17H12O6/c18-13-3-1-9(5-15(13)20)11-7-17(22)23-8-12(11)10-2-4-14(19)16(21)6-10/h1-8,18-21H. The predicted octanol–water partition coefficient (Wildman–Crippen LogP) is 2.80. The van der Waals surface area contributed by atoms with Crippen molar-refractivity contribution in [2.24, 2.45) is 0 Å². The molecule has 4 N–H and O–H groups in total. The zero-order valence-electron chi connectivity index (χ0n) is 11.7. The lowest BCUT2D eigenvalue weighted by Gasteiger charge is -2.10. The quantitative estimate of drug-likeness (QED) is 0.541. The molecule has 1 heterocycles. The molecular formula is C17H12O6. The van der Waals surface area contributed by atoms with E-state index < -0.39 is 5.63 Å². The molecule has 3 aromatic rings. The predicted molar refractivity (Wildman–Crippen MR) is 82.5 cm³/mol. The van der Waals surface area contributed by atoms with Gasteiger partial charge in [0.2, 0.25) is 0 Å². The molecule has 2 aromatic carbocycles. The summed E-state index contributed by atoms with van der Waals surface area (Å²) in [5, 5.41) is 38.1. The molecule has 0 fully saturated rings. The molecule has 0 radical (unpaired) electrons. The molecule has 116 valence electrons. The third-order valence-corrected chi connectivity index (χ3v) is 3.42. The van der Waals surface area contributed by atoms with E-state index in [-0.39, 0.29) is 23.0 Å². The molecule has 0 aliphatic rings. The topological polar surface area (TPSA) is 111 Å². The minimum atomic E-state index is -0.584. The van der Waals surface area contributed by atoms with E-state index in [1.54, 1.807) is 6.07 Å². The van der Waals surface area contributed by atoms with E-state index in [4.69, 9.17) is 4.42 Å². The van der Waals surface area contributed by atoms with Gasteiger partial charge in [-0.3, -0.25) is 0 Å². The van der Waals surface area contributed by atoms with Gasteiger partial charge in [0.05, 0.1) is 0 Å². The van der Waals surface area contributed by atoms with Gasteiger partial charge in [0, 0.05) is 11.6 Å². The Bertz CT molecular complexity index is 942. The van der Waals surface area contributed by atoms with Gasteiger partial charge in [0.1, 0.15) is 6.26 Å². The summed E-state index contributed by atoms with van der Waals surface area (Å²) in [5.74, 6) is -1.18. The fourth-order valence-corrected chi connectivity index (χ4v) is 2.25. The summed E-state index contributed by atoms with van der Waals surface area (Å²) in [4.78, 5) is 11.6. The van der Waals surface area contributed by atoms with Crippen molar-refractivity contribution >= 4 is 0 Å². The van der Waals surface area contributed by atoms with Crippen LogP contribution < -0.4 is 5.63 Å². The lowest BCUT2D eigenvalue weighted by Crippen LogP contribution is -1.98. The van der Waals surface area contributed by atoms with E-state index in [2.05, 4.69) is 0 Å². The molecule has 0 saturated heterocycles. The van der Waals surface area contributed by atoms with Gasteiger partial charge in [-0.25, -0.2) is 4.79 Å². The summed E-state index contributed by atoms with van der Waals surface area (Å²) < 4.78 is 4.89. The van der Waals surface area contributed by atoms with Gasteiger partial charge in [-0.2, -0.15) is 0 Å². The van der Waals surface area contributed by atoms with E-state index in [1.165, 1.54) is 42.7 Å². The Labute approximate surface area is 130 Å². The van der Waals surface area contributed by atoms with Crippen molar-refractivity contribution in [1.29, 1.82) is 0 Å². The highest BCUT2D eigenvalue weighted by Crippen LogP contribution is 2.37. The van der Waals surface area contributed by atoms with Gasteiger partial charge in [0.25, 0.3) is 0 Å². The monoisotopic (exact) mass is 312 g/mol. The second-order valence-electron chi connectivity index (χ2n) is 4.93. The number of hydrogen-bond donors (Lipinski definition) is 4. The number of phenolic OH excluding ortho intramolecular Hbond substituents is 4. The van der Waals surface area contributed by atoms with Crippen molar-refractivity contribution in [3.05, 3.63) is 59.1 Å². The SMILES string of the molecule is O=c1cc(-c2ccc(O)c(O)c2)c(-c2ccc(O)c(O)c2)co1. The summed E-state index contributed by atoms with van der Waals surface area (Å²) in [6, 6.07) is 9.58. The molecule has 0 saturated carbocycles. The van der Waals surface area contributed by atoms with Crippen LogP contribution in [0.1, 0.15) is 0 Å². The number of aromatic hydroxyl groups is 4. The van der Waals surface area contributed by atoms with Gasteiger partial charge in [-0.05, 0) is 41.0 Å². The molecule has 0 aliphatic carbocycles. The van der Waals surface area contributed by atoms with Gasteiger partial charge >= 0.3 is 5.63 Å². The largest absolute Gasteiger partial charge is 0.504 e. The zero-order valence-corrected chi connectivity index (χ0v) is 11.7. The number of rotatable bonds is 2. The van der Waals surface area contributed by atoms with E-state index in [0.29, 0.717) is 22.3 Å². The Morgan fingerprint density at radius 1 is 0.652 bits per heavy atom. The van der Waals surface area contributed by atoms with Crippen LogP contribution in [0.4, 0.5) is 0 Å². The van der Waals surface area contributed by atoms with Crippen molar-refractivity contribution in [3.8, 4) is 45.3 Å².